The molecule has 0 radical (unpaired) electrons. The second-order valence-corrected chi connectivity index (χ2v) is 6.86. The van der Waals surface area contributed by atoms with Crippen LogP contribution >= 0.6 is 11.3 Å². The van der Waals surface area contributed by atoms with Gasteiger partial charge in [-0.05, 0) is 37.6 Å². The Morgan fingerprint density at radius 1 is 1.04 bits per heavy atom. The van der Waals surface area contributed by atoms with Gasteiger partial charge in [-0.2, -0.15) is 0 Å². The molecule has 3 rings (SSSR count). The average molecular weight is 383 g/mol. The molecule has 3 aromatic rings. The zero-order chi connectivity index (χ0) is 19.4. The maximum atomic E-state index is 12.5. The molecule has 0 unspecified atom stereocenters. The fraction of sp³-hybridized carbons (Fsp3) is 0.200. The number of thiazole rings is 1. The van der Waals surface area contributed by atoms with Crippen molar-refractivity contribution >= 4 is 33.8 Å². The Hall–Kier alpha value is -3.06. The molecule has 0 aliphatic rings. The first-order valence-corrected chi connectivity index (χ1v) is 9.21. The summed E-state index contributed by atoms with van der Waals surface area (Å²) >= 11 is 1.38. The lowest BCUT2D eigenvalue weighted by Crippen LogP contribution is -2.13. The molecular formula is C20H21N3O3S. The minimum Gasteiger partial charge on any atom is -0.497 e. The normalized spacial score (nSPS) is 10.4. The van der Waals surface area contributed by atoms with Crippen LogP contribution in [0.4, 0.5) is 16.5 Å². The predicted octanol–water partition coefficient (Wildman–Crippen LogP) is 4.77. The SMILES string of the molecule is COc1ccc(NC(=O)c2csc(Nc3ccc(C)cc3C)n2)c(OC)c1. The maximum absolute atomic E-state index is 12.5. The van der Waals surface area contributed by atoms with Gasteiger partial charge in [0.2, 0.25) is 0 Å². The molecule has 6 nitrogen and oxygen atoms in total. The number of rotatable bonds is 6. The van der Waals surface area contributed by atoms with Crippen LogP contribution in [0.15, 0.2) is 41.8 Å². The maximum Gasteiger partial charge on any atom is 0.275 e. The highest BCUT2D eigenvalue weighted by atomic mass is 32.1. The second kappa shape index (κ2) is 8.09. The number of amides is 1. The molecule has 0 bridgehead atoms. The van der Waals surface area contributed by atoms with Crippen LogP contribution in [0, 0.1) is 13.8 Å². The zero-order valence-electron chi connectivity index (χ0n) is 15.6. The number of hydrogen-bond donors (Lipinski definition) is 2. The number of carbonyl (C=O) groups is 1. The van der Waals surface area contributed by atoms with E-state index in [1.165, 1.54) is 16.9 Å². The summed E-state index contributed by atoms with van der Waals surface area (Å²) in [5.41, 5.74) is 4.19. The van der Waals surface area contributed by atoms with E-state index in [0.29, 0.717) is 28.0 Å². The van der Waals surface area contributed by atoms with Crippen molar-refractivity contribution in [2.24, 2.45) is 0 Å². The zero-order valence-corrected chi connectivity index (χ0v) is 16.4. The minimum atomic E-state index is -0.302. The van der Waals surface area contributed by atoms with Crippen molar-refractivity contribution in [1.29, 1.82) is 0 Å². The van der Waals surface area contributed by atoms with Crippen molar-refractivity contribution in [1.82, 2.24) is 4.98 Å². The Balaban J connectivity index is 1.73. The van der Waals surface area contributed by atoms with Crippen LogP contribution in [0.3, 0.4) is 0 Å². The van der Waals surface area contributed by atoms with Gasteiger partial charge >= 0.3 is 0 Å². The first-order valence-electron chi connectivity index (χ1n) is 8.33. The Bertz CT molecular complexity index is 969. The number of hydrogen-bond acceptors (Lipinski definition) is 6. The summed E-state index contributed by atoms with van der Waals surface area (Å²) < 4.78 is 10.5. The largest absolute Gasteiger partial charge is 0.497 e. The molecule has 1 amide bonds. The summed E-state index contributed by atoms with van der Waals surface area (Å²) in [6.07, 6.45) is 0. The molecule has 0 saturated heterocycles. The third-order valence-electron chi connectivity index (χ3n) is 4.02. The Labute approximate surface area is 162 Å². The quantitative estimate of drug-likeness (QED) is 0.641. The lowest BCUT2D eigenvalue weighted by atomic mass is 10.1. The highest BCUT2D eigenvalue weighted by molar-refractivity contribution is 7.14. The molecule has 27 heavy (non-hydrogen) atoms. The van der Waals surface area contributed by atoms with Crippen molar-refractivity contribution < 1.29 is 14.3 Å². The Morgan fingerprint density at radius 2 is 1.81 bits per heavy atom. The van der Waals surface area contributed by atoms with E-state index in [9.17, 15) is 4.79 Å². The third kappa shape index (κ3) is 4.38. The number of aromatic nitrogens is 1. The monoisotopic (exact) mass is 383 g/mol. The number of nitrogens with one attached hydrogen (secondary N) is 2. The molecular weight excluding hydrogens is 362 g/mol. The lowest BCUT2D eigenvalue weighted by molar-refractivity contribution is 0.102. The highest BCUT2D eigenvalue weighted by Gasteiger charge is 2.14. The molecule has 7 heteroatoms. The van der Waals surface area contributed by atoms with Gasteiger partial charge in [0.1, 0.15) is 17.2 Å². The molecule has 2 N–H and O–H groups in total. The van der Waals surface area contributed by atoms with Crippen molar-refractivity contribution in [3.63, 3.8) is 0 Å². The van der Waals surface area contributed by atoms with Crippen LogP contribution in [0.25, 0.3) is 0 Å². The summed E-state index contributed by atoms with van der Waals surface area (Å²) in [5.74, 6) is 0.869. The van der Waals surface area contributed by atoms with Crippen LogP contribution in [0.2, 0.25) is 0 Å². The summed E-state index contributed by atoms with van der Waals surface area (Å²) in [6, 6.07) is 11.3. The molecule has 0 aliphatic carbocycles. The average Bonchev–Trinajstić information content (AvgIpc) is 3.13. The van der Waals surface area contributed by atoms with Crippen LogP contribution in [0.1, 0.15) is 21.6 Å². The van der Waals surface area contributed by atoms with Crippen LogP contribution in [-0.4, -0.2) is 25.1 Å². The van der Waals surface area contributed by atoms with E-state index in [2.05, 4.69) is 28.6 Å². The van der Waals surface area contributed by atoms with Gasteiger partial charge in [-0.1, -0.05) is 17.7 Å². The molecule has 140 valence electrons. The third-order valence-corrected chi connectivity index (χ3v) is 4.77. The first kappa shape index (κ1) is 18.7. The molecule has 0 atom stereocenters. The number of ether oxygens (including phenoxy) is 2. The number of anilines is 3. The van der Waals surface area contributed by atoms with Gasteiger partial charge in [-0.15, -0.1) is 11.3 Å². The number of aryl methyl sites for hydroxylation is 2. The summed E-state index contributed by atoms with van der Waals surface area (Å²) in [4.78, 5) is 16.9. The fourth-order valence-corrected chi connectivity index (χ4v) is 3.30. The Morgan fingerprint density at radius 3 is 2.52 bits per heavy atom. The summed E-state index contributed by atoms with van der Waals surface area (Å²) in [6.45, 7) is 4.09. The van der Waals surface area contributed by atoms with E-state index in [1.807, 2.05) is 19.1 Å². The van der Waals surface area contributed by atoms with E-state index in [4.69, 9.17) is 9.47 Å². The van der Waals surface area contributed by atoms with E-state index < -0.39 is 0 Å². The van der Waals surface area contributed by atoms with Gasteiger partial charge in [0.15, 0.2) is 5.13 Å². The van der Waals surface area contributed by atoms with Gasteiger partial charge in [0.05, 0.1) is 19.9 Å². The van der Waals surface area contributed by atoms with E-state index in [1.54, 1.807) is 37.8 Å². The van der Waals surface area contributed by atoms with Crippen LogP contribution in [-0.2, 0) is 0 Å². The van der Waals surface area contributed by atoms with Crippen molar-refractivity contribution in [2.75, 3.05) is 24.9 Å². The molecule has 0 saturated carbocycles. The van der Waals surface area contributed by atoms with Crippen molar-refractivity contribution in [3.05, 3.63) is 58.6 Å². The predicted molar refractivity (Wildman–Crippen MR) is 109 cm³/mol. The van der Waals surface area contributed by atoms with E-state index in [-0.39, 0.29) is 5.91 Å². The lowest BCUT2D eigenvalue weighted by Gasteiger charge is -2.10. The Kier molecular flexibility index (Phi) is 5.61. The molecule has 1 heterocycles. The van der Waals surface area contributed by atoms with Crippen molar-refractivity contribution in [3.8, 4) is 11.5 Å². The summed E-state index contributed by atoms with van der Waals surface area (Å²) in [5, 5.41) is 8.46. The second-order valence-electron chi connectivity index (χ2n) is 6.00. The topological polar surface area (TPSA) is 72.5 Å². The number of nitrogens with zero attached hydrogens (tertiary/aromatic N) is 1. The number of carbonyl (C=O) groups excluding carboxylic acids is 1. The first-order chi connectivity index (χ1) is 13.0. The minimum absolute atomic E-state index is 0.302. The van der Waals surface area contributed by atoms with Crippen molar-refractivity contribution in [2.45, 2.75) is 13.8 Å². The molecule has 2 aromatic carbocycles. The van der Waals surface area contributed by atoms with Gasteiger partial charge in [0.25, 0.3) is 5.91 Å². The van der Waals surface area contributed by atoms with Crippen LogP contribution < -0.4 is 20.1 Å². The highest BCUT2D eigenvalue weighted by Crippen LogP contribution is 2.30. The van der Waals surface area contributed by atoms with Crippen LogP contribution in [0.5, 0.6) is 11.5 Å². The van der Waals surface area contributed by atoms with E-state index in [0.717, 1.165) is 11.3 Å². The summed E-state index contributed by atoms with van der Waals surface area (Å²) in [7, 11) is 3.12. The molecule has 0 fully saturated rings. The molecule has 0 spiro atoms. The number of methoxy groups -OCH3 is 2. The standard InChI is InChI=1S/C20H21N3O3S/c1-12-5-7-15(13(2)9-12)22-20-23-17(11-27-20)19(24)21-16-8-6-14(25-3)10-18(16)26-4/h5-11H,1-4H3,(H,21,24)(H,22,23). The fourth-order valence-electron chi connectivity index (χ4n) is 2.59. The van der Waals surface area contributed by atoms with E-state index >= 15 is 0 Å². The molecule has 0 aliphatic heterocycles. The van der Waals surface area contributed by atoms with Gasteiger partial charge < -0.3 is 20.1 Å². The number of benzene rings is 2. The van der Waals surface area contributed by atoms with Gasteiger partial charge in [-0.3, -0.25) is 4.79 Å². The van der Waals surface area contributed by atoms with Gasteiger partial charge in [0, 0.05) is 17.1 Å². The molecule has 1 aromatic heterocycles. The smallest absolute Gasteiger partial charge is 0.275 e. The van der Waals surface area contributed by atoms with Gasteiger partial charge in [-0.25, -0.2) is 4.98 Å².